The van der Waals surface area contributed by atoms with Crippen LogP contribution in [0.5, 0.6) is 0 Å². The van der Waals surface area contributed by atoms with Crippen molar-refractivity contribution in [3.05, 3.63) is 0 Å². The molecule has 0 unspecified atom stereocenters. The Morgan fingerprint density at radius 1 is 1.26 bits per heavy atom. The van der Waals surface area contributed by atoms with Crippen LogP contribution in [0.15, 0.2) is 0 Å². The van der Waals surface area contributed by atoms with Crippen molar-refractivity contribution < 1.29 is 19.4 Å². The van der Waals surface area contributed by atoms with Gasteiger partial charge in [0.1, 0.15) is 0 Å². The summed E-state index contributed by atoms with van der Waals surface area (Å²) in [5.41, 5.74) is -0.398. The van der Waals surface area contributed by atoms with E-state index in [0.717, 1.165) is 0 Å². The number of urea groups is 1. The molecule has 0 aromatic carbocycles. The molecule has 0 aliphatic heterocycles. The Balaban J connectivity index is 4.14. The monoisotopic (exact) mass is 275 g/mol. The summed E-state index contributed by atoms with van der Waals surface area (Å²) >= 11 is 0. The number of nitrogens with one attached hydrogen (secondary N) is 2. The molecule has 0 bridgehead atoms. The molecule has 0 rings (SSSR count). The Hall–Kier alpha value is -1.18. The number of carbonyl (C=O) groups excluding carboxylic acids is 2. The van der Waals surface area contributed by atoms with Gasteiger partial charge in [-0.2, -0.15) is 0 Å². The second-order valence-electron chi connectivity index (χ2n) is 5.24. The molecule has 0 fully saturated rings. The van der Waals surface area contributed by atoms with Crippen LogP contribution in [0.3, 0.4) is 0 Å². The molecule has 0 aromatic heterocycles. The van der Waals surface area contributed by atoms with E-state index in [-0.39, 0.29) is 13.2 Å². The molecule has 0 saturated carbocycles. The van der Waals surface area contributed by atoms with E-state index in [1.807, 2.05) is 20.8 Å². The van der Waals surface area contributed by atoms with Gasteiger partial charge in [-0.05, 0) is 20.8 Å². The van der Waals surface area contributed by atoms with Crippen LogP contribution in [0.4, 0.5) is 4.79 Å². The van der Waals surface area contributed by atoms with Crippen LogP contribution in [0.1, 0.15) is 20.8 Å². The first-order valence-corrected chi connectivity index (χ1v) is 6.22. The molecule has 7 heteroatoms. The van der Waals surface area contributed by atoms with Gasteiger partial charge in [0.05, 0.1) is 19.8 Å². The van der Waals surface area contributed by atoms with Crippen LogP contribution in [-0.4, -0.2) is 67.4 Å². The zero-order chi connectivity index (χ0) is 14.9. The minimum Gasteiger partial charge on any atom is -0.395 e. The van der Waals surface area contributed by atoms with Gasteiger partial charge in [-0.15, -0.1) is 0 Å². The highest BCUT2D eigenvalue weighted by molar-refractivity contribution is 5.95. The molecule has 0 spiro atoms. The number of nitrogens with zero attached hydrogens (tertiary/aromatic N) is 1. The number of aliphatic hydroxyl groups excluding tert-OH is 1. The molecule has 112 valence electrons. The highest BCUT2D eigenvalue weighted by Gasteiger charge is 2.17. The zero-order valence-electron chi connectivity index (χ0n) is 12.2. The summed E-state index contributed by atoms with van der Waals surface area (Å²) < 4.78 is 4.91. The molecular formula is C12H25N3O4. The van der Waals surface area contributed by atoms with E-state index in [9.17, 15) is 9.59 Å². The second kappa shape index (κ2) is 8.84. The number of hydrogen-bond acceptors (Lipinski definition) is 5. The van der Waals surface area contributed by atoms with Gasteiger partial charge in [-0.25, -0.2) is 4.79 Å². The topological polar surface area (TPSA) is 90.9 Å². The molecule has 0 saturated heterocycles. The van der Waals surface area contributed by atoms with Gasteiger partial charge in [0, 0.05) is 25.7 Å². The van der Waals surface area contributed by atoms with E-state index < -0.39 is 17.5 Å². The standard InChI is InChI=1S/C12H25N3O4/c1-12(2,3)14-11(18)13-10(17)9-15(5-7-16)6-8-19-4/h16H,5-9H2,1-4H3,(H2,13,14,17,18). The lowest BCUT2D eigenvalue weighted by atomic mass is 10.1. The molecule has 0 aliphatic carbocycles. The number of ether oxygens (including phenoxy) is 1. The SMILES string of the molecule is COCCN(CCO)CC(=O)NC(=O)NC(C)(C)C. The van der Waals surface area contributed by atoms with Crippen LogP contribution in [0.2, 0.25) is 0 Å². The fourth-order valence-corrected chi connectivity index (χ4v) is 1.37. The minimum absolute atomic E-state index is 0.0431. The average molecular weight is 275 g/mol. The van der Waals surface area contributed by atoms with E-state index in [2.05, 4.69) is 10.6 Å². The van der Waals surface area contributed by atoms with Crippen LogP contribution in [-0.2, 0) is 9.53 Å². The van der Waals surface area contributed by atoms with Gasteiger partial charge >= 0.3 is 6.03 Å². The van der Waals surface area contributed by atoms with Crippen molar-refractivity contribution in [1.82, 2.24) is 15.5 Å². The maximum atomic E-state index is 11.7. The lowest BCUT2D eigenvalue weighted by Gasteiger charge is -2.22. The zero-order valence-corrected chi connectivity index (χ0v) is 12.2. The number of methoxy groups -OCH3 is 1. The van der Waals surface area contributed by atoms with Crippen molar-refractivity contribution in [2.75, 3.05) is 40.0 Å². The Morgan fingerprint density at radius 3 is 2.37 bits per heavy atom. The summed E-state index contributed by atoms with van der Waals surface area (Å²) in [7, 11) is 1.56. The number of rotatable bonds is 7. The number of hydrogen-bond donors (Lipinski definition) is 3. The van der Waals surface area contributed by atoms with Crippen molar-refractivity contribution in [3.8, 4) is 0 Å². The molecule has 0 atom stereocenters. The average Bonchev–Trinajstić information content (AvgIpc) is 2.23. The third-order valence-electron chi connectivity index (χ3n) is 2.14. The van der Waals surface area contributed by atoms with Crippen LogP contribution < -0.4 is 10.6 Å². The van der Waals surface area contributed by atoms with E-state index in [4.69, 9.17) is 9.84 Å². The quantitative estimate of drug-likeness (QED) is 0.585. The maximum absolute atomic E-state index is 11.7. The van der Waals surface area contributed by atoms with Crippen LogP contribution in [0, 0.1) is 0 Å². The molecule has 3 amide bonds. The number of amides is 3. The van der Waals surface area contributed by atoms with Crippen molar-refractivity contribution in [2.24, 2.45) is 0 Å². The van der Waals surface area contributed by atoms with E-state index >= 15 is 0 Å². The Bertz CT molecular complexity index is 289. The molecule has 3 N–H and O–H groups in total. The molecule has 0 heterocycles. The lowest BCUT2D eigenvalue weighted by Crippen LogP contribution is -2.50. The summed E-state index contributed by atoms with van der Waals surface area (Å²) in [6.07, 6.45) is 0. The van der Waals surface area contributed by atoms with E-state index in [1.54, 1.807) is 12.0 Å². The van der Waals surface area contributed by atoms with Crippen molar-refractivity contribution in [2.45, 2.75) is 26.3 Å². The first-order valence-electron chi connectivity index (χ1n) is 6.22. The molecule has 7 nitrogen and oxygen atoms in total. The fourth-order valence-electron chi connectivity index (χ4n) is 1.37. The van der Waals surface area contributed by atoms with Gasteiger partial charge in [-0.3, -0.25) is 15.0 Å². The van der Waals surface area contributed by atoms with E-state index in [0.29, 0.717) is 19.7 Å². The predicted molar refractivity (Wildman–Crippen MR) is 71.8 cm³/mol. The van der Waals surface area contributed by atoms with Gasteiger partial charge in [0.25, 0.3) is 0 Å². The highest BCUT2D eigenvalue weighted by atomic mass is 16.5. The third-order valence-corrected chi connectivity index (χ3v) is 2.14. The fraction of sp³-hybridized carbons (Fsp3) is 0.833. The Morgan fingerprint density at radius 2 is 1.89 bits per heavy atom. The molecular weight excluding hydrogens is 250 g/mol. The summed E-state index contributed by atoms with van der Waals surface area (Å²) in [6.45, 7) is 6.81. The van der Waals surface area contributed by atoms with Crippen molar-refractivity contribution in [3.63, 3.8) is 0 Å². The van der Waals surface area contributed by atoms with Crippen LogP contribution in [0.25, 0.3) is 0 Å². The number of imide groups is 1. The Kier molecular flexibility index (Phi) is 8.29. The van der Waals surface area contributed by atoms with Gasteiger partial charge < -0.3 is 15.2 Å². The maximum Gasteiger partial charge on any atom is 0.321 e. The smallest absolute Gasteiger partial charge is 0.321 e. The number of aliphatic hydroxyl groups is 1. The summed E-state index contributed by atoms with van der Waals surface area (Å²) in [4.78, 5) is 24.9. The Labute approximate surface area is 114 Å². The first-order chi connectivity index (χ1) is 8.78. The van der Waals surface area contributed by atoms with E-state index in [1.165, 1.54) is 0 Å². The third kappa shape index (κ3) is 10.4. The van der Waals surface area contributed by atoms with Crippen molar-refractivity contribution >= 4 is 11.9 Å². The van der Waals surface area contributed by atoms with Crippen LogP contribution >= 0.6 is 0 Å². The predicted octanol–water partition coefficient (Wildman–Crippen LogP) is -0.449. The van der Waals surface area contributed by atoms with Gasteiger partial charge in [-0.1, -0.05) is 0 Å². The number of carbonyl (C=O) groups is 2. The molecule has 0 aliphatic rings. The first kappa shape index (κ1) is 17.8. The molecule has 0 radical (unpaired) electrons. The summed E-state index contributed by atoms with van der Waals surface area (Å²) in [6, 6.07) is -0.520. The largest absolute Gasteiger partial charge is 0.395 e. The lowest BCUT2D eigenvalue weighted by molar-refractivity contribution is -0.121. The molecule has 0 aromatic rings. The van der Waals surface area contributed by atoms with Gasteiger partial charge in [0.2, 0.25) is 5.91 Å². The van der Waals surface area contributed by atoms with Gasteiger partial charge in [0.15, 0.2) is 0 Å². The summed E-state index contributed by atoms with van der Waals surface area (Å²) in [5.74, 6) is -0.411. The minimum atomic E-state index is -0.520. The summed E-state index contributed by atoms with van der Waals surface area (Å²) in [5, 5.41) is 13.8. The molecule has 19 heavy (non-hydrogen) atoms. The second-order valence-corrected chi connectivity index (χ2v) is 5.24. The van der Waals surface area contributed by atoms with Crippen molar-refractivity contribution in [1.29, 1.82) is 0 Å². The highest BCUT2D eigenvalue weighted by Crippen LogP contribution is 1.97. The normalized spacial score (nSPS) is 11.5.